The van der Waals surface area contributed by atoms with Crippen LogP contribution in [-0.2, 0) is 12.6 Å². The molecule has 0 aliphatic heterocycles. The summed E-state index contributed by atoms with van der Waals surface area (Å²) in [7, 11) is 1.66. The third kappa shape index (κ3) is 5.91. The number of alkyl halides is 3. The summed E-state index contributed by atoms with van der Waals surface area (Å²) in [5.41, 5.74) is -0.821. The third-order valence-corrected chi connectivity index (χ3v) is 3.97. The van der Waals surface area contributed by atoms with Crippen LogP contribution in [0.5, 0.6) is 0 Å². The Morgan fingerprint density at radius 1 is 1.38 bits per heavy atom. The van der Waals surface area contributed by atoms with E-state index in [0.29, 0.717) is 29.9 Å². The topological polar surface area (TPSA) is 49.3 Å². The number of guanidine groups is 1. The summed E-state index contributed by atoms with van der Waals surface area (Å²) in [5, 5.41) is 7.80. The normalized spacial score (nSPS) is 14.4. The molecule has 0 saturated heterocycles. The monoisotopic (exact) mass is 322 g/mol. The maximum absolute atomic E-state index is 12.4. The predicted octanol–water partition coefficient (Wildman–Crippen LogP) is 2.91. The van der Waals surface area contributed by atoms with Crippen LogP contribution in [0.1, 0.15) is 31.5 Å². The Bertz CT molecular complexity index is 468. The van der Waals surface area contributed by atoms with Gasteiger partial charge in [0.15, 0.2) is 11.7 Å². The SMILES string of the molecule is CN=C(NCCc1nc(C(F)(F)F)cs1)NC(C)C(C)C. The van der Waals surface area contributed by atoms with Gasteiger partial charge in [-0.15, -0.1) is 11.3 Å². The van der Waals surface area contributed by atoms with Crippen LogP contribution >= 0.6 is 11.3 Å². The molecule has 0 aromatic carbocycles. The fourth-order valence-electron chi connectivity index (χ4n) is 1.42. The highest BCUT2D eigenvalue weighted by molar-refractivity contribution is 7.09. The lowest BCUT2D eigenvalue weighted by Gasteiger charge is -2.20. The summed E-state index contributed by atoms with van der Waals surface area (Å²) >= 11 is 1.02. The summed E-state index contributed by atoms with van der Waals surface area (Å²) in [5.74, 6) is 1.10. The minimum Gasteiger partial charge on any atom is -0.356 e. The molecule has 4 nitrogen and oxygen atoms in total. The van der Waals surface area contributed by atoms with E-state index in [1.54, 1.807) is 7.05 Å². The second kappa shape index (κ2) is 7.63. The Balaban J connectivity index is 2.43. The van der Waals surface area contributed by atoms with Crippen LogP contribution in [0, 0.1) is 5.92 Å². The standard InChI is InChI=1S/C13H21F3N4S/c1-8(2)9(3)19-12(17-4)18-6-5-11-20-10(7-21-11)13(14,15)16/h7-9H,5-6H2,1-4H3,(H2,17,18,19). The smallest absolute Gasteiger partial charge is 0.356 e. The maximum atomic E-state index is 12.4. The van der Waals surface area contributed by atoms with E-state index in [-0.39, 0.29) is 6.04 Å². The lowest BCUT2D eigenvalue weighted by atomic mass is 10.1. The van der Waals surface area contributed by atoms with Crippen molar-refractivity contribution in [2.75, 3.05) is 13.6 Å². The zero-order valence-corrected chi connectivity index (χ0v) is 13.4. The maximum Gasteiger partial charge on any atom is 0.434 e. The first-order valence-corrected chi connectivity index (χ1v) is 7.60. The van der Waals surface area contributed by atoms with E-state index in [0.717, 1.165) is 16.7 Å². The Hall–Kier alpha value is -1.31. The number of nitrogens with zero attached hydrogens (tertiary/aromatic N) is 2. The van der Waals surface area contributed by atoms with Crippen molar-refractivity contribution < 1.29 is 13.2 Å². The van der Waals surface area contributed by atoms with Crippen LogP contribution < -0.4 is 10.6 Å². The van der Waals surface area contributed by atoms with Gasteiger partial charge in [-0.25, -0.2) is 4.98 Å². The number of thiazole rings is 1. The van der Waals surface area contributed by atoms with Crippen LogP contribution in [0.2, 0.25) is 0 Å². The highest BCUT2D eigenvalue weighted by Gasteiger charge is 2.33. The van der Waals surface area contributed by atoms with E-state index < -0.39 is 11.9 Å². The van der Waals surface area contributed by atoms with Gasteiger partial charge in [-0.1, -0.05) is 13.8 Å². The largest absolute Gasteiger partial charge is 0.434 e. The molecule has 0 aliphatic rings. The van der Waals surface area contributed by atoms with E-state index in [9.17, 15) is 13.2 Å². The zero-order chi connectivity index (χ0) is 16.0. The van der Waals surface area contributed by atoms with Crippen LogP contribution in [-0.4, -0.2) is 30.6 Å². The van der Waals surface area contributed by atoms with Crippen molar-refractivity contribution >= 4 is 17.3 Å². The van der Waals surface area contributed by atoms with Gasteiger partial charge in [0.05, 0.1) is 5.01 Å². The molecule has 0 spiro atoms. The van der Waals surface area contributed by atoms with Crippen molar-refractivity contribution in [3.05, 3.63) is 16.1 Å². The Morgan fingerprint density at radius 3 is 2.52 bits per heavy atom. The number of nitrogens with one attached hydrogen (secondary N) is 2. The fraction of sp³-hybridized carbons (Fsp3) is 0.692. The molecule has 120 valence electrons. The Labute approximate surface area is 126 Å². The molecule has 1 aromatic rings. The van der Waals surface area contributed by atoms with Gasteiger partial charge in [0.25, 0.3) is 0 Å². The van der Waals surface area contributed by atoms with Gasteiger partial charge in [-0.3, -0.25) is 4.99 Å². The van der Waals surface area contributed by atoms with Crippen LogP contribution in [0.3, 0.4) is 0 Å². The van der Waals surface area contributed by atoms with Gasteiger partial charge in [0.1, 0.15) is 0 Å². The van der Waals surface area contributed by atoms with Gasteiger partial charge in [0.2, 0.25) is 0 Å². The highest BCUT2D eigenvalue weighted by atomic mass is 32.1. The highest BCUT2D eigenvalue weighted by Crippen LogP contribution is 2.29. The molecule has 1 rings (SSSR count). The molecule has 0 amide bonds. The van der Waals surface area contributed by atoms with E-state index in [1.807, 2.05) is 6.92 Å². The summed E-state index contributed by atoms with van der Waals surface area (Å²) in [4.78, 5) is 7.67. The molecule has 1 atom stereocenters. The van der Waals surface area contributed by atoms with Gasteiger partial charge in [-0.2, -0.15) is 13.2 Å². The average molecular weight is 322 g/mol. The molecule has 1 heterocycles. The van der Waals surface area contributed by atoms with Gasteiger partial charge in [-0.05, 0) is 12.8 Å². The third-order valence-electron chi connectivity index (χ3n) is 3.06. The quantitative estimate of drug-likeness (QED) is 0.647. The van der Waals surface area contributed by atoms with E-state index in [4.69, 9.17) is 0 Å². The first kappa shape index (κ1) is 17.7. The molecule has 0 aliphatic carbocycles. The molecule has 1 aromatic heterocycles. The van der Waals surface area contributed by atoms with Crippen molar-refractivity contribution in [3.8, 4) is 0 Å². The van der Waals surface area contributed by atoms with E-state index in [1.165, 1.54) is 0 Å². The molecule has 0 bridgehead atoms. The average Bonchev–Trinajstić information content (AvgIpc) is 2.85. The summed E-state index contributed by atoms with van der Waals surface area (Å²) in [6, 6.07) is 0.257. The summed E-state index contributed by atoms with van der Waals surface area (Å²) < 4.78 is 37.3. The van der Waals surface area contributed by atoms with Crippen molar-refractivity contribution in [1.29, 1.82) is 0 Å². The van der Waals surface area contributed by atoms with Crippen LogP contribution in [0.15, 0.2) is 10.4 Å². The number of aromatic nitrogens is 1. The molecule has 8 heteroatoms. The first-order valence-electron chi connectivity index (χ1n) is 6.72. The van der Waals surface area contributed by atoms with Crippen LogP contribution in [0.25, 0.3) is 0 Å². The summed E-state index contributed by atoms with van der Waals surface area (Å²) in [6.45, 7) is 6.72. The zero-order valence-electron chi connectivity index (χ0n) is 12.6. The molecule has 2 N–H and O–H groups in total. The molecule has 1 unspecified atom stereocenters. The summed E-state index contributed by atoms with van der Waals surface area (Å²) in [6.07, 6.45) is -3.94. The Morgan fingerprint density at radius 2 is 2.05 bits per heavy atom. The van der Waals surface area contributed by atoms with E-state index in [2.05, 4.69) is 34.5 Å². The van der Waals surface area contributed by atoms with Gasteiger partial charge >= 0.3 is 6.18 Å². The molecule has 0 radical (unpaired) electrons. The van der Waals surface area contributed by atoms with E-state index >= 15 is 0 Å². The molecular formula is C13H21F3N4S. The lowest BCUT2D eigenvalue weighted by Crippen LogP contribution is -2.44. The number of rotatable bonds is 5. The second-order valence-corrected chi connectivity index (χ2v) is 5.99. The first-order chi connectivity index (χ1) is 9.74. The number of aliphatic imine (C=N–C) groups is 1. The molecule has 21 heavy (non-hydrogen) atoms. The lowest BCUT2D eigenvalue weighted by molar-refractivity contribution is -0.140. The second-order valence-electron chi connectivity index (χ2n) is 5.05. The molecular weight excluding hydrogens is 301 g/mol. The predicted molar refractivity (Wildman–Crippen MR) is 79.6 cm³/mol. The van der Waals surface area contributed by atoms with Gasteiger partial charge in [0, 0.05) is 31.4 Å². The number of hydrogen-bond acceptors (Lipinski definition) is 3. The van der Waals surface area contributed by atoms with Crippen molar-refractivity contribution in [2.24, 2.45) is 10.9 Å². The van der Waals surface area contributed by atoms with Crippen molar-refractivity contribution in [1.82, 2.24) is 15.6 Å². The fourth-order valence-corrected chi connectivity index (χ4v) is 2.23. The van der Waals surface area contributed by atoms with Crippen molar-refractivity contribution in [3.63, 3.8) is 0 Å². The molecule has 0 fully saturated rings. The number of hydrogen-bond donors (Lipinski definition) is 2. The van der Waals surface area contributed by atoms with Crippen LogP contribution in [0.4, 0.5) is 13.2 Å². The minimum absolute atomic E-state index is 0.257. The molecule has 0 saturated carbocycles. The Kier molecular flexibility index (Phi) is 6.44. The number of halogens is 3. The van der Waals surface area contributed by atoms with Gasteiger partial charge < -0.3 is 10.6 Å². The van der Waals surface area contributed by atoms with Crippen molar-refractivity contribution in [2.45, 2.75) is 39.4 Å². The minimum atomic E-state index is -4.37.